The molecule has 1 saturated heterocycles. The van der Waals surface area contributed by atoms with Gasteiger partial charge in [0.15, 0.2) is 0 Å². The van der Waals surface area contributed by atoms with Gasteiger partial charge < -0.3 is 5.73 Å². The lowest BCUT2D eigenvalue weighted by atomic mass is 9.99. The summed E-state index contributed by atoms with van der Waals surface area (Å²) in [5.41, 5.74) is 5.59. The summed E-state index contributed by atoms with van der Waals surface area (Å²) in [6, 6.07) is 5.12. The number of nitrogens with zero attached hydrogens (tertiary/aromatic N) is 1. The lowest BCUT2D eigenvalue weighted by Gasteiger charge is -2.30. The predicted molar refractivity (Wildman–Crippen MR) is 85.6 cm³/mol. The van der Waals surface area contributed by atoms with Crippen LogP contribution in [-0.4, -0.2) is 40.8 Å². The molecule has 4 N–H and O–H groups in total. The zero-order chi connectivity index (χ0) is 15.7. The quantitative estimate of drug-likeness (QED) is 0.779. The first-order chi connectivity index (χ1) is 9.75. The van der Waals surface area contributed by atoms with Crippen LogP contribution in [0.5, 0.6) is 0 Å². The third kappa shape index (κ3) is 4.18. The molecule has 0 amide bonds. The van der Waals surface area contributed by atoms with Crippen LogP contribution in [-0.2, 0) is 20.0 Å². The number of piperidine rings is 1. The molecule has 1 aromatic carbocycles. The molecule has 0 radical (unpaired) electrons. The summed E-state index contributed by atoms with van der Waals surface area (Å²) in [6.45, 7) is 1.34. The first kappa shape index (κ1) is 19.3. The summed E-state index contributed by atoms with van der Waals surface area (Å²) in [6.07, 6.45) is 1.43. The lowest BCUT2D eigenvalue weighted by Crippen LogP contribution is -2.40. The molecular weight excluding hydrogens is 350 g/mol. The van der Waals surface area contributed by atoms with E-state index in [9.17, 15) is 16.8 Å². The highest BCUT2D eigenvalue weighted by Crippen LogP contribution is 2.24. The molecule has 0 aromatic heterocycles. The zero-order valence-corrected chi connectivity index (χ0v) is 14.3. The van der Waals surface area contributed by atoms with Gasteiger partial charge in [0.05, 0.1) is 9.79 Å². The van der Waals surface area contributed by atoms with Gasteiger partial charge in [-0.3, -0.25) is 0 Å². The van der Waals surface area contributed by atoms with Gasteiger partial charge in [-0.2, -0.15) is 4.31 Å². The van der Waals surface area contributed by atoms with E-state index in [2.05, 4.69) is 0 Å². The van der Waals surface area contributed by atoms with E-state index in [1.165, 1.54) is 22.5 Å². The minimum absolute atomic E-state index is 0. The number of nitrogens with two attached hydrogens (primary N) is 2. The predicted octanol–water partition coefficient (Wildman–Crippen LogP) is 0.115. The number of sulfonamides is 2. The molecule has 1 aromatic rings. The van der Waals surface area contributed by atoms with Gasteiger partial charge in [-0.15, -0.1) is 12.4 Å². The second-order valence-corrected chi connectivity index (χ2v) is 8.60. The van der Waals surface area contributed by atoms with Gasteiger partial charge >= 0.3 is 0 Å². The van der Waals surface area contributed by atoms with Gasteiger partial charge in [0.2, 0.25) is 20.0 Å². The van der Waals surface area contributed by atoms with E-state index in [0.29, 0.717) is 38.4 Å². The van der Waals surface area contributed by atoms with Crippen molar-refractivity contribution >= 4 is 32.5 Å². The van der Waals surface area contributed by atoms with Crippen molar-refractivity contribution in [1.29, 1.82) is 0 Å². The summed E-state index contributed by atoms with van der Waals surface area (Å²) >= 11 is 0. The molecule has 0 bridgehead atoms. The first-order valence-corrected chi connectivity index (χ1v) is 9.57. The van der Waals surface area contributed by atoms with Crippen molar-refractivity contribution in [1.82, 2.24) is 4.31 Å². The van der Waals surface area contributed by atoms with E-state index in [1.807, 2.05) is 0 Å². The van der Waals surface area contributed by atoms with Crippen LogP contribution in [0, 0.1) is 5.92 Å². The molecule has 0 aliphatic carbocycles. The van der Waals surface area contributed by atoms with Gasteiger partial charge in [0, 0.05) is 13.1 Å². The van der Waals surface area contributed by atoms with Crippen LogP contribution < -0.4 is 10.9 Å². The molecule has 7 nitrogen and oxygen atoms in total. The lowest BCUT2D eigenvalue weighted by molar-refractivity contribution is 0.278. The average molecular weight is 370 g/mol. The van der Waals surface area contributed by atoms with Crippen molar-refractivity contribution in [2.75, 3.05) is 19.6 Å². The molecule has 1 aliphatic rings. The molecule has 10 heteroatoms. The second-order valence-electron chi connectivity index (χ2n) is 5.10. The van der Waals surface area contributed by atoms with E-state index < -0.39 is 20.0 Å². The van der Waals surface area contributed by atoms with Crippen LogP contribution in [0.15, 0.2) is 34.1 Å². The number of benzene rings is 1. The molecule has 1 heterocycles. The number of primary sulfonamides is 1. The van der Waals surface area contributed by atoms with Crippen molar-refractivity contribution in [3.63, 3.8) is 0 Å². The summed E-state index contributed by atoms with van der Waals surface area (Å²) in [4.78, 5) is -0.263. The molecule has 0 unspecified atom stereocenters. The Morgan fingerprint density at radius 2 is 1.64 bits per heavy atom. The molecule has 1 aliphatic heterocycles. The number of hydrogen-bond acceptors (Lipinski definition) is 5. The van der Waals surface area contributed by atoms with E-state index in [4.69, 9.17) is 10.9 Å². The minimum Gasteiger partial charge on any atom is -0.330 e. The van der Waals surface area contributed by atoms with Crippen LogP contribution in [0.25, 0.3) is 0 Å². The largest absolute Gasteiger partial charge is 0.330 e. The number of hydrogen-bond donors (Lipinski definition) is 2. The van der Waals surface area contributed by atoms with Crippen molar-refractivity contribution in [2.45, 2.75) is 22.6 Å². The average Bonchev–Trinajstić information content (AvgIpc) is 2.46. The highest BCUT2D eigenvalue weighted by molar-refractivity contribution is 7.90. The first-order valence-electron chi connectivity index (χ1n) is 6.58. The SMILES string of the molecule is Cl.NCC1CCN(S(=O)(=O)c2cccc(S(N)(=O)=O)c2)CC1. The van der Waals surface area contributed by atoms with Crippen LogP contribution in [0.3, 0.4) is 0 Å². The maximum atomic E-state index is 12.5. The Bertz CT molecular complexity index is 714. The standard InChI is InChI=1S/C12H19N3O4S2.ClH/c13-9-10-4-6-15(7-5-10)21(18,19)12-3-1-2-11(8-12)20(14,16)17;/h1-3,8,10H,4-7,9,13H2,(H2,14,16,17);1H. The minimum atomic E-state index is -3.93. The Morgan fingerprint density at radius 1 is 1.09 bits per heavy atom. The van der Waals surface area contributed by atoms with Crippen LogP contribution in [0.1, 0.15) is 12.8 Å². The van der Waals surface area contributed by atoms with Crippen LogP contribution in [0.4, 0.5) is 0 Å². The van der Waals surface area contributed by atoms with Gasteiger partial charge in [0.25, 0.3) is 0 Å². The highest BCUT2D eigenvalue weighted by atomic mass is 35.5. The van der Waals surface area contributed by atoms with E-state index in [-0.39, 0.29) is 22.2 Å². The highest BCUT2D eigenvalue weighted by Gasteiger charge is 2.29. The van der Waals surface area contributed by atoms with Gasteiger partial charge in [0.1, 0.15) is 0 Å². The van der Waals surface area contributed by atoms with E-state index in [1.54, 1.807) is 0 Å². The summed E-state index contributed by atoms with van der Waals surface area (Å²) in [7, 11) is -7.63. The smallest absolute Gasteiger partial charge is 0.243 e. The maximum absolute atomic E-state index is 12.5. The summed E-state index contributed by atoms with van der Waals surface area (Å²) < 4.78 is 49.1. The van der Waals surface area contributed by atoms with Crippen LogP contribution in [0.2, 0.25) is 0 Å². The molecule has 22 heavy (non-hydrogen) atoms. The number of halogens is 1. The van der Waals surface area contributed by atoms with E-state index >= 15 is 0 Å². The Labute approximate surface area is 137 Å². The Balaban J connectivity index is 0.00000242. The normalized spacial score (nSPS) is 17.9. The topological polar surface area (TPSA) is 124 Å². The van der Waals surface area contributed by atoms with Crippen molar-refractivity contribution < 1.29 is 16.8 Å². The molecule has 1 fully saturated rings. The fraction of sp³-hybridized carbons (Fsp3) is 0.500. The summed E-state index contributed by atoms with van der Waals surface area (Å²) in [5, 5.41) is 5.03. The fourth-order valence-corrected chi connectivity index (χ4v) is 4.50. The van der Waals surface area contributed by atoms with Gasteiger partial charge in [-0.1, -0.05) is 6.07 Å². The Hall–Kier alpha value is -0.710. The Kier molecular flexibility index (Phi) is 6.36. The van der Waals surface area contributed by atoms with Gasteiger partial charge in [-0.25, -0.2) is 22.0 Å². The molecule has 0 spiro atoms. The molecule has 126 valence electrons. The molecule has 2 rings (SSSR count). The fourth-order valence-electron chi connectivity index (χ4n) is 2.35. The summed E-state index contributed by atoms with van der Waals surface area (Å²) in [5.74, 6) is 0.340. The molecule has 0 atom stereocenters. The third-order valence-corrected chi connectivity index (χ3v) is 6.48. The van der Waals surface area contributed by atoms with Gasteiger partial charge in [-0.05, 0) is 43.5 Å². The van der Waals surface area contributed by atoms with Crippen LogP contribution >= 0.6 is 12.4 Å². The van der Waals surface area contributed by atoms with Crippen molar-refractivity contribution in [3.05, 3.63) is 24.3 Å². The Morgan fingerprint density at radius 3 is 2.14 bits per heavy atom. The monoisotopic (exact) mass is 369 g/mol. The molecule has 0 saturated carbocycles. The second kappa shape index (κ2) is 7.24. The third-order valence-electron chi connectivity index (χ3n) is 3.68. The maximum Gasteiger partial charge on any atom is 0.243 e. The van der Waals surface area contributed by atoms with E-state index in [0.717, 1.165) is 6.07 Å². The zero-order valence-electron chi connectivity index (χ0n) is 11.9. The number of rotatable bonds is 4. The molecular formula is C12H20ClN3O4S2. The van der Waals surface area contributed by atoms with Crippen molar-refractivity contribution in [3.8, 4) is 0 Å². The van der Waals surface area contributed by atoms with Crippen molar-refractivity contribution in [2.24, 2.45) is 16.8 Å².